The van der Waals surface area contributed by atoms with Crippen molar-refractivity contribution in [2.24, 2.45) is 0 Å². The molecule has 3 saturated heterocycles. The minimum Gasteiger partial charge on any atom is -0.571 e. The first-order chi connectivity index (χ1) is 29.4. The molecular formula is C38H49O24+. The number of aromatic hydroxyl groups is 3. The van der Waals surface area contributed by atoms with Crippen LogP contribution in [0.2, 0.25) is 0 Å². The lowest BCUT2D eigenvalue weighted by Gasteiger charge is -2.43. The summed E-state index contributed by atoms with van der Waals surface area (Å²) in [6.07, 6.45) is -26.6. The summed E-state index contributed by atoms with van der Waals surface area (Å²) in [5.41, 5.74) is 0.263. The number of fused-ring (bicyclic) bond motifs is 1. The number of aliphatic hydroxyl groups excluding tert-OH is 9. The van der Waals surface area contributed by atoms with Gasteiger partial charge >= 0.3 is 11.9 Å². The smallest absolute Gasteiger partial charge is 0.317 e. The van der Waals surface area contributed by atoms with Gasteiger partial charge in [0.2, 0.25) is 18.3 Å². The zero-order valence-electron chi connectivity index (χ0n) is 33.1. The van der Waals surface area contributed by atoms with Gasteiger partial charge in [0, 0.05) is 12.1 Å². The Morgan fingerprint density at radius 2 is 1.29 bits per heavy atom. The van der Waals surface area contributed by atoms with Gasteiger partial charge in [-0.15, -0.1) is 0 Å². The second-order valence-corrected chi connectivity index (χ2v) is 14.7. The summed E-state index contributed by atoms with van der Waals surface area (Å²) in [5.74, 6) is -3.99. The third-order valence-electron chi connectivity index (χ3n) is 10.5. The fourth-order valence-corrected chi connectivity index (χ4v) is 7.17. The molecule has 0 radical (unpaired) electrons. The number of hydrogen-bond acceptors (Lipinski definition) is 22. The predicted octanol–water partition coefficient (Wildman–Crippen LogP) is -3.68. The number of phenols is 2. The van der Waals surface area contributed by atoms with E-state index in [0.29, 0.717) is 0 Å². The third-order valence-corrected chi connectivity index (χ3v) is 10.5. The van der Waals surface area contributed by atoms with Crippen LogP contribution < -0.4 is 14.2 Å². The van der Waals surface area contributed by atoms with Crippen LogP contribution in [0.5, 0.6) is 34.5 Å². The van der Waals surface area contributed by atoms with Gasteiger partial charge in [0.25, 0.3) is 11.9 Å². The summed E-state index contributed by atoms with van der Waals surface area (Å²) < 4.78 is 54.9. The number of benzene rings is 2. The zero-order valence-corrected chi connectivity index (χ0v) is 33.1. The van der Waals surface area contributed by atoms with Crippen LogP contribution in [0.3, 0.4) is 0 Å². The lowest BCUT2D eigenvalue weighted by molar-refractivity contribution is -0.325. The Balaban J connectivity index is 1.29. The van der Waals surface area contributed by atoms with Gasteiger partial charge in [-0.2, -0.15) is 0 Å². The van der Waals surface area contributed by atoms with Gasteiger partial charge in [-0.3, -0.25) is 9.59 Å². The Bertz CT molecular complexity index is 1920. The molecule has 24 heteroatoms. The van der Waals surface area contributed by atoms with Crippen LogP contribution in [0.4, 0.5) is 0 Å². The van der Waals surface area contributed by atoms with Crippen molar-refractivity contribution in [1.29, 1.82) is 0 Å². The van der Waals surface area contributed by atoms with Crippen molar-refractivity contribution in [2.45, 2.75) is 112 Å². The number of carboxylic acids is 1. The monoisotopic (exact) mass is 889 g/mol. The summed E-state index contributed by atoms with van der Waals surface area (Å²) in [7, 11) is 2.55. The highest BCUT2D eigenvalue weighted by atomic mass is 16.7. The van der Waals surface area contributed by atoms with Crippen molar-refractivity contribution in [3.8, 4) is 34.5 Å². The average molecular weight is 890 g/mol. The summed E-state index contributed by atoms with van der Waals surface area (Å²) in [6.45, 7) is -0.108. The highest BCUT2D eigenvalue weighted by molar-refractivity contribution is 5.90. The minimum atomic E-state index is -1.97. The molecule has 4 aliphatic heterocycles. The van der Waals surface area contributed by atoms with Gasteiger partial charge in [0.1, 0.15) is 84.5 Å². The molecule has 0 amide bonds. The van der Waals surface area contributed by atoms with E-state index in [9.17, 15) is 65.8 Å². The van der Waals surface area contributed by atoms with Gasteiger partial charge in [-0.05, 0) is 19.1 Å². The molecule has 4 aliphatic rings. The second-order valence-electron chi connectivity index (χ2n) is 14.7. The first-order valence-electron chi connectivity index (χ1n) is 19.0. The summed E-state index contributed by atoms with van der Waals surface area (Å²) >= 11 is 0. The van der Waals surface area contributed by atoms with Gasteiger partial charge in [0.15, 0.2) is 29.7 Å². The van der Waals surface area contributed by atoms with Crippen LogP contribution in [0.25, 0.3) is 6.08 Å². The molecule has 16 atom stereocenters. The first kappa shape index (κ1) is 46.7. The Hall–Kier alpha value is -4.80. The molecule has 2 aromatic rings. The minimum absolute atomic E-state index is 0.0288. The number of methoxy groups -OCH3 is 2. The number of aliphatic hydroxyl groups is 10. The number of ether oxygens (including phenoxy) is 10. The van der Waals surface area contributed by atoms with Crippen molar-refractivity contribution in [1.82, 2.24) is 0 Å². The van der Waals surface area contributed by atoms with E-state index in [2.05, 4.69) is 0 Å². The molecule has 13 N–H and O–H groups in total. The third kappa shape index (κ3) is 9.57. The van der Waals surface area contributed by atoms with Crippen molar-refractivity contribution in [3.63, 3.8) is 0 Å². The van der Waals surface area contributed by atoms with E-state index in [1.807, 2.05) is 0 Å². The Morgan fingerprint density at radius 3 is 1.89 bits per heavy atom. The standard InChI is InChI=1S/C38H48O24/c1-12-34(62-24(43)9-23(41)42)30(49)33(52)36(56-12)55-11-22-27(46)29(48)32(51)38(61-22)59-20-8-15-16(57-35(20)13-4-18(53-2)25(44)19(5-13)54-3)6-14(40)7-17(15)58-37-31(50)28(47)26(45)21(10-39)60-37/h4-8,12,21-22,26-40,44-52H,9-11H2,1-3H3,(H,41,42)/p+1/t12-,21+,22+,26+,27+,28-,29+,30-,31+,32+,33-,34-,35?,36+,37+,38+/m0/s1. The average Bonchev–Trinajstić information content (AvgIpc) is 3.23. The van der Waals surface area contributed by atoms with Crippen LogP contribution in [0, 0.1) is 0 Å². The highest BCUT2D eigenvalue weighted by Gasteiger charge is 2.50. The van der Waals surface area contributed by atoms with Gasteiger partial charge in [-0.25, -0.2) is 0 Å². The molecule has 62 heavy (non-hydrogen) atoms. The largest absolute Gasteiger partial charge is 0.571 e. The van der Waals surface area contributed by atoms with Crippen molar-refractivity contribution in [2.75, 3.05) is 27.4 Å². The van der Waals surface area contributed by atoms with Gasteiger partial charge in [0.05, 0.1) is 45.2 Å². The number of phenolic OH excluding ortho intramolecular Hbond substituents is 2. The summed E-state index contributed by atoms with van der Waals surface area (Å²) in [4.78, 5) is 22.8. The van der Waals surface area contributed by atoms with Crippen molar-refractivity contribution >= 4 is 18.0 Å². The molecule has 3 fully saturated rings. The number of aliphatic carboxylic acids is 1. The molecule has 2 aromatic carbocycles. The van der Waals surface area contributed by atoms with E-state index in [1.54, 1.807) is 0 Å². The zero-order chi connectivity index (χ0) is 45.3. The van der Waals surface area contributed by atoms with Crippen LogP contribution in [-0.4, -0.2) is 198 Å². The molecule has 0 aliphatic carbocycles. The molecule has 0 saturated carbocycles. The SMILES string of the molecule is COc1cc(C2[OH+]c3cc(O)cc(O[C@@H]4O[C@H](CO)[C@@H](O)[C@H](O)[C@H]4O)c3C=C2O[C@@H]2O[C@H](CO[C@@H]3O[C@@H](C)[C@H](OC(=O)CC(=O)O)[C@@H](O)[C@@H]3O)[C@@H](O)[C@@H](O)[C@H]2O)cc(OC)c1O. The van der Waals surface area contributed by atoms with E-state index in [0.717, 1.165) is 6.07 Å². The van der Waals surface area contributed by atoms with Gasteiger partial charge in [-0.1, -0.05) is 0 Å². The Kier molecular flexibility index (Phi) is 14.5. The normalized spacial score (nSPS) is 35.7. The van der Waals surface area contributed by atoms with E-state index < -0.39 is 136 Å². The summed E-state index contributed by atoms with van der Waals surface area (Å²) in [6, 6.07) is 5.07. The lowest BCUT2D eigenvalue weighted by Crippen LogP contribution is -2.61. The molecule has 6 rings (SSSR count). The van der Waals surface area contributed by atoms with Gasteiger partial charge < -0.3 is 109 Å². The molecule has 0 bridgehead atoms. The molecule has 24 nitrogen and oxygen atoms in total. The number of carboxylic acid groups (broad SMARTS) is 1. The van der Waals surface area contributed by atoms with Crippen LogP contribution in [0.1, 0.15) is 30.6 Å². The van der Waals surface area contributed by atoms with Crippen LogP contribution in [-0.2, 0) is 38.0 Å². The van der Waals surface area contributed by atoms with E-state index in [4.69, 9.17) is 52.5 Å². The molecule has 4 heterocycles. The Morgan fingerprint density at radius 1 is 0.710 bits per heavy atom. The van der Waals surface area contributed by atoms with Crippen LogP contribution >= 0.6 is 0 Å². The van der Waals surface area contributed by atoms with Crippen molar-refractivity contribution < 1.29 is 118 Å². The maximum absolute atomic E-state index is 11.9. The molecule has 344 valence electrons. The fourth-order valence-electron chi connectivity index (χ4n) is 7.17. The molecule has 1 unspecified atom stereocenters. The number of hydrogen-bond donors (Lipinski definition) is 12. The summed E-state index contributed by atoms with van der Waals surface area (Å²) in [5, 5.41) is 126. The number of rotatable bonds is 14. The fraction of sp³-hybridized carbons (Fsp3) is 0.579. The molecular weight excluding hydrogens is 840 g/mol. The molecule has 0 aromatic heterocycles. The van der Waals surface area contributed by atoms with E-state index >= 15 is 0 Å². The highest BCUT2D eigenvalue weighted by Crippen LogP contribution is 2.49. The quantitative estimate of drug-likeness (QED) is 0.0494. The number of esters is 1. The van der Waals surface area contributed by atoms with Crippen molar-refractivity contribution in [3.05, 3.63) is 41.2 Å². The predicted molar refractivity (Wildman–Crippen MR) is 198 cm³/mol. The number of carbonyl (C=O) groups is 2. The molecule has 0 spiro atoms. The van der Waals surface area contributed by atoms with E-state index in [1.165, 1.54) is 45.4 Å². The lowest BCUT2D eigenvalue weighted by atomic mass is 9.97. The maximum Gasteiger partial charge on any atom is 0.317 e. The Labute approximate surface area is 350 Å². The first-order valence-corrected chi connectivity index (χ1v) is 19.0. The van der Waals surface area contributed by atoms with Crippen LogP contribution in [0.15, 0.2) is 30.0 Å². The number of carbonyl (C=O) groups excluding carboxylic acids is 1. The topological polar surface area (TPSA) is 373 Å². The second kappa shape index (κ2) is 19.3. The van der Waals surface area contributed by atoms with E-state index in [-0.39, 0.29) is 45.6 Å². The maximum atomic E-state index is 11.9.